The third kappa shape index (κ3) is 4.14. The maximum atomic E-state index is 12.3. The monoisotopic (exact) mass is 303 g/mol. The van der Waals surface area contributed by atoms with Gasteiger partial charge in [-0.15, -0.1) is 11.8 Å². The Hall–Kier alpha value is -1.68. The van der Waals surface area contributed by atoms with Gasteiger partial charge in [0, 0.05) is 5.69 Å². The predicted molar refractivity (Wildman–Crippen MR) is 88.7 cm³/mol. The third-order valence-corrected chi connectivity index (χ3v) is 4.52. The molecule has 1 amide bonds. The summed E-state index contributed by atoms with van der Waals surface area (Å²) in [6.45, 7) is 8.03. The van der Waals surface area contributed by atoms with Crippen LogP contribution in [0.3, 0.4) is 0 Å². The minimum absolute atomic E-state index is 0.0293. The van der Waals surface area contributed by atoms with Crippen LogP contribution in [0.25, 0.3) is 0 Å². The van der Waals surface area contributed by atoms with Crippen LogP contribution in [0.1, 0.15) is 29.4 Å². The van der Waals surface area contributed by atoms with Crippen molar-refractivity contribution in [2.24, 2.45) is 0 Å². The SMILES string of the molecule is Cc1cc(C)c(NC(=O)[C@H](C)SCc2ccco2)c(C)c1. The summed E-state index contributed by atoms with van der Waals surface area (Å²) < 4.78 is 5.28. The summed E-state index contributed by atoms with van der Waals surface area (Å²) in [5.74, 6) is 1.62. The fourth-order valence-electron chi connectivity index (χ4n) is 2.28. The van der Waals surface area contributed by atoms with Crippen molar-refractivity contribution in [3.63, 3.8) is 0 Å². The number of amides is 1. The molecule has 0 aliphatic rings. The number of carbonyl (C=O) groups is 1. The minimum atomic E-state index is -0.129. The molecule has 1 heterocycles. The first-order valence-corrected chi connectivity index (χ1v) is 8.05. The summed E-state index contributed by atoms with van der Waals surface area (Å²) in [5, 5.41) is 2.92. The van der Waals surface area contributed by atoms with Crippen molar-refractivity contribution in [3.8, 4) is 0 Å². The van der Waals surface area contributed by atoms with Crippen molar-refractivity contribution in [2.45, 2.75) is 38.7 Å². The summed E-state index contributed by atoms with van der Waals surface area (Å²) in [4.78, 5) is 12.3. The van der Waals surface area contributed by atoms with Gasteiger partial charge in [-0.1, -0.05) is 17.7 Å². The predicted octanol–water partition coefficient (Wildman–Crippen LogP) is 4.47. The van der Waals surface area contributed by atoms with E-state index in [1.54, 1.807) is 18.0 Å². The summed E-state index contributed by atoms with van der Waals surface area (Å²) in [7, 11) is 0. The van der Waals surface area contributed by atoms with Gasteiger partial charge in [0.1, 0.15) is 5.76 Å². The van der Waals surface area contributed by atoms with E-state index in [0.29, 0.717) is 5.75 Å². The van der Waals surface area contributed by atoms with E-state index in [4.69, 9.17) is 4.42 Å². The maximum absolute atomic E-state index is 12.3. The highest BCUT2D eigenvalue weighted by atomic mass is 32.2. The number of aryl methyl sites for hydroxylation is 3. The van der Waals surface area contributed by atoms with Crippen LogP contribution in [0.15, 0.2) is 34.9 Å². The number of benzene rings is 1. The molecular weight excluding hydrogens is 282 g/mol. The molecule has 1 aromatic carbocycles. The zero-order chi connectivity index (χ0) is 15.4. The summed E-state index contributed by atoms with van der Waals surface area (Å²) in [6.07, 6.45) is 1.65. The average molecular weight is 303 g/mol. The molecule has 1 N–H and O–H groups in total. The van der Waals surface area contributed by atoms with Crippen LogP contribution in [0, 0.1) is 20.8 Å². The highest BCUT2D eigenvalue weighted by Crippen LogP contribution is 2.24. The fraction of sp³-hybridized carbons (Fsp3) is 0.353. The minimum Gasteiger partial charge on any atom is -0.468 e. The third-order valence-electron chi connectivity index (χ3n) is 3.35. The highest BCUT2D eigenvalue weighted by Gasteiger charge is 2.16. The van der Waals surface area contributed by atoms with Crippen molar-refractivity contribution in [1.29, 1.82) is 0 Å². The van der Waals surface area contributed by atoms with Crippen LogP contribution in [-0.2, 0) is 10.5 Å². The number of nitrogens with one attached hydrogen (secondary N) is 1. The molecule has 0 saturated carbocycles. The van der Waals surface area contributed by atoms with E-state index in [1.807, 2.05) is 32.9 Å². The molecule has 0 aliphatic heterocycles. The number of furan rings is 1. The summed E-state index contributed by atoms with van der Waals surface area (Å²) in [6, 6.07) is 7.96. The largest absolute Gasteiger partial charge is 0.468 e. The van der Waals surface area contributed by atoms with Crippen LogP contribution >= 0.6 is 11.8 Å². The number of thioether (sulfide) groups is 1. The number of carbonyl (C=O) groups excluding carboxylic acids is 1. The zero-order valence-electron chi connectivity index (χ0n) is 12.9. The van der Waals surface area contributed by atoms with Gasteiger partial charge in [-0.3, -0.25) is 4.79 Å². The van der Waals surface area contributed by atoms with Crippen LogP contribution in [0.5, 0.6) is 0 Å². The Labute approximate surface area is 130 Å². The fourth-order valence-corrected chi connectivity index (χ4v) is 3.07. The van der Waals surface area contributed by atoms with Gasteiger partial charge in [0.25, 0.3) is 0 Å². The van der Waals surface area contributed by atoms with Crippen molar-refractivity contribution < 1.29 is 9.21 Å². The van der Waals surface area contributed by atoms with Crippen LogP contribution < -0.4 is 5.32 Å². The molecule has 0 radical (unpaired) electrons. The molecule has 0 aliphatic carbocycles. The van der Waals surface area contributed by atoms with Crippen molar-refractivity contribution >= 4 is 23.4 Å². The second-order valence-corrected chi connectivity index (χ2v) is 6.62. The van der Waals surface area contributed by atoms with Gasteiger partial charge in [-0.25, -0.2) is 0 Å². The van der Waals surface area contributed by atoms with Crippen molar-refractivity contribution in [1.82, 2.24) is 0 Å². The van der Waals surface area contributed by atoms with Crippen molar-refractivity contribution in [2.75, 3.05) is 5.32 Å². The number of rotatable bonds is 5. The van der Waals surface area contributed by atoms with Gasteiger partial charge in [-0.05, 0) is 51.0 Å². The van der Waals surface area contributed by atoms with E-state index in [-0.39, 0.29) is 11.2 Å². The van der Waals surface area contributed by atoms with Gasteiger partial charge in [-0.2, -0.15) is 0 Å². The van der Waals surface area contributed by atoms with E-state index < -0.39 is 0 Å². The Bertz CT molecular complexity index is 597. The molecule has 2 aromatic rings. The molecule has 21 heavy (non-hydrogen) atoms. The Morgan fingerprint density at radius 1 is 1.29 bits per heavy atom. The highest BCUT2D eigenvalue weighted by molar-refractivity contribution is 7.99. The lowest BCUT2D eigenvalue weighted by Crippen LogP contribution is -2.23. The smallest absolute Gasteiger partial charge is 0.237 e. The van der Waals surface area contributed by atoms with Gasteiger partial charge < -0.3 is 9.73 Å². The Morgan fingerprint density at radius 3 is 2.52 bits per heavy atom. The molecule has 3 nitrogen and oxygen atoms in total. The second kappa shape index (κ2) is 6.85. The van der Waals surface area contributed by atoms with E-state index in [9.17, 15) is 4.79 Å². The molecule has 0 bridgehead atoms. The first-order chi connectivity index (χ1) is 9.97. The van der Waals surface area contributed by atoms with Gasteiger partial charge in [0.05, 0.1) is 17.3 Å². The Balaban J connectivity index is 1.97. The molecule has 1 aromatic heterocycles. The molecule has 112 valence electrons. The van der Waals surface area contributed by atoms with E-state index in [2.05, 4.69) is 24.4 Å². The molecule has 1 atom stereocenters. The maximum Gasteiger partial charge on any atom is 0.237 e. The molecule has 2 rings (SSSR count). The molecular formula is C17H21NO2S. The number of hydrogen-bond acceptors (Lipinski definition) is 3. The lowest BCUT2D eigenvalue weighted by molar-refractivity contribution is -0.115. The van der Waals surface area contributed by atoms with Crippen molar-refractivity contribution in [3.05, 3.63) is 53.0 Å². The molecule has 0 saturated heterocycles. The molecule has 0 fully saturated rings. The lowest BCUT2D eigenvalue weighted by atomic mass is 10.1. The first-order valence-electron chi connectivity index (χ1n) is 7.00. The van der Waals surface area contributed by atoms with Gasteiger partial charge in [0.15, 0.2) is 0 Å². The lowest BCUT2D eigenvalue weighted by Gasteiger charge is -2.16. The normalized spacial score (nSPS) is 12.2. The summed E-state index contributed by atoms with van der Waals surface area (Å²) in [5.41, 5.74) is 4.34. The standard InChI is InChI=1S/C17H21NO2S/c1-11-8-12(2)16(13(3)9-11)18-17(19)14(4)21-10-15-6-5-7-20-15/h5-9,14H,10H2,1-4H3,(H,18,19)/t14-/m0/s1. The number of hydrogen-bond donors (Lipinski definition) is 1. The first kappa shape index (κ1) is 15.7. The average Bonchev–Trinajstić information content (AvgIpc) is 2.93. The molecule has 0 unspecified atom stereocenters. The quantitative estimate of drug-likeness (QED) is 0.886. The van der Waals surface area contributed by atoms with Crippen LogP contribution in [0.4, 0.5) is 5.69 Å². The second-order valence-electron chi connectivity index (χ2n) is 5.30. The van der Waals surface area contributed by atoms with Gasteiger partial charge in [0.2, 0.25) is 5.91 Å². The summed E-state index contributed by atoms with van der Waals surface area (Å²) >= 11 is 1.57. The van der Waals surface area contributed by atoms with Crippen LogP contribution in [0.2, 0.25) is 0 Å². The van der Waals surface area contributed by atoms with Gasteiger partial charge >= 0.3 is 0 Å². The zero-order valence-corrected chi connectivity index (χ0v) is 13.7. The van der Waals surface area contributed by atoms with E-state index >= 15 is 0 Å². The van der Waals surface area contributed by atoms with E-state index in [0.717, 1.165) is 22.6 Å². The Kier molecular flexibility index (Phi) is 5.12. The Morgan fingerprint density at radius 2 is 1.95 bits per heavy atom. The molecule has 4 heteroatoms. The topological polar surface area (TPSA) is 42.2 Å². The molecule has 0 spiro atoms. The number of anilines is 1. The van der Waals surface area contributed by atoms with Crippen LogP contribution in [-0.4, -0.2) is 11.2 Å². The van der Waals surface area contributed by atoms with E-state index in [1.165, 1.54) is 5.56 Å².